The third-order valence-electron chi connectivity index (χ3n) is 1.84. The van der Waals surface area contributed by atoms with Crippen molar-refractivity contribution in [2.75, 3.05) is 7.11 Å². The summed E-state index contributed by atoms with van der Waals surface area (Å²) in [5.41, 5.74) is -0.0194. The fourth-order valence-electron chi connectivity index (χ4n) is 1.15. The Morgan fingerprint density at radius 2 is 2.13 bits per heavy atom. The van der Waals surface area contributed by atoms with Gasteiger partial charge in [-0.3, -0.25) is 4.68 Å². The maximum Gasteiger partial charge on any atom is 0.356 e. The van der Waals surface area contributed by atoms with Gasteiger partial charge in [-0.05, 0) is 13.8 Å². The zero-order chi connectivity index (χ0) is 11.6. The van der Waals surface area contributed by atoms with Crippen LogP contribution < -0.4 is 0 Å². The third kappa shape index (κ3) is 2.15. The molecule has 1 rings (SSSR count). The average Bonchev–Trinajstić information content (AvgIpc) is 2.61. The highest BCUT2D eigenvalue weighted by molar-refractivity contribution is 5.92. The van der Waals surface area contributed by atoms with Crippen molar-refractivity contribution in [1.82, 2.24) is 9.78 Å². The van der Waals surface area contributed by atoms with Crippen LogP contribution in [0.4, 0.5) is 0 Å². The van der Waals surface area contributed by atoms with Gasteiger partial charge in [0.15, 0.2) is 5.69 Å². The number of carbonyl (C=O) groups is 2. The molecule has 1 aromatic rings. The molecule has 0 bridgehead atoms. The molecule has 0 atom stereocenters. The highest BCUT2D eigenvalue weighted by Crippen LogP contribution is 2.12. The number of aromatic nitrogens is 2. The van der Waals surface area contributed by atoms with Crippen LogP contribution in [-0.4, -0.2) is 33.9 Å². The van der Waals surface area contributed by atoms with Crippen molar-refractivity contribution in [3.05, 3.63) is 17.5 Å². The lowest BCUT2D eigenvalue weighted by Gasteiger charge is -2.08. The van der Waals surface area contributed by atoms with Crippen molar-refractivity contribution in [2.45, 2.75) is 19.9 Å². The Labute approximate surface area is 86.5 Å². The molecule has 0 aromatic carbocycles. The van der Waals surface area contributed by atoms with E-state index < -0.39 is 11.9 Å². The molecule has 0 aliphatic rings. The highest BCUT2D eigenvalue weighted by Gasteiger charge is 2.20. The first-order chi connectivity index (χ1) is 6.97. The van der Waals surface area contributed by atoms with E-state index in [1.807, 2.05) is 0 Å². The molecule has 1 heterocycles. The average molecular weight is 212 g/mol. The molecule has 6 heteroatoms. The lowest BCUT2D eigenvalue weighted by atomic mass is 10.3. The summed E-state index contributed by atoms with van der Waals surface area (Å²) in [6.07, 6.45) is 0. The third-order valence-corrected chi connectivity index (χ3v) is 1.84. The van der Waals surface area contributed by atoms with Gasteiger partial charge in [0, 0.05) is 12.1 Å². The van der Waals surface area contributed by atoms with Gasteiger partial charge in [-0.15, -0.1) is 0 Å². The van der Waals surface area contributed by atoms with E-state index in [0.29, 0.717) is 0 Å². The molecule has 0 aliphatic carbocycles. The second-order valence-corrected chi connectivity index (χ2v) is 3.25. The number of hydrogen-bond acceptors (Lipinski definition) is 4. The molecule has 1 N–H and O–H groups in total. The molecule has 0 radical (unpaired) electrons. The Morgan fingerprint density at radius 1 is 1.53 bits per heavy atom. The monoisotopic (exact) mass is 212 g/mol. The smallest absolute Gasteiger partial charge is 0.356 e. The number of nitrogens with zero attached hydrogens (tertiary/aromatic N) is 2. The zero-order valence-corrected chi connectivity index (χ0v) is 8.72. The van der Waals surface area contributed by atoms with E-state index in [-0.39, 0.29) is 17.4 Å². The molecule has 6 nitrogen and oxygen atoms in total. The molecule has 15 heavy (non-hydrogen) atoms. The van der Waals surface area contributed by atoms with Crippen LogP contribution >= 0.6 is 0 Å². The van der Waals surface area contributed by atoms with Crippen molar-refractivity contribution in [2.24, 2.45) is 0 Å². The molecule has 0 spiro atoms. The minimum atomic E-state index is -1.17. The first-order valence-corrected chi connectivity index (χ1v) is 4.38. The van der Waals surface area contributed by atoms with E-state index in [1.54, 1.807) is 13.8 Å². The maximum atomic E-state index is 11.3. The first-order valence-electron chi connectivity index (χ1n) is 4.38. The predicted molar refractivity (Wildman–Crippen MR) is 50.9 cm³/mol. The Kier molecular flexibility index (Phi) is 3.08. The molecule has 0 fully saturated rings. The van der Waals surface area contributed by atoms with E-state index in [2.05, 4.69) is 9.84 Å². The minimum Gasteiger partial charge on any atom is -0.476 e. The van der Waals surface area contributed by atoms with Crippen molar-refractivity contribution >= 4 is 11.9 Å². The number of hydrogen-bond donors (Lipinski definition) is 1. The predicted octanol–water partition coefficient (Wildman–Crippen LogP) is 0.949. The van der Waals surface area contributed by atoms with Crippen LogP contribution in [0.5, 0.6) is 0 Å². The second-order valence-electron chi connectivity index (χ2n) is 3.25. The van der Waals surface area contributed by atoms with Gasteiger partial charge in [-0.2, -0.15) is 5.10 Å². The van der Waals surface area contributed by atoms with E-state index >= 15 is 0 Å². The van der Waals surface area contributed by atoms with Gasteiger partial charge in [0.05, 0.1) is 7.11 Å². The summed E-state index contributed by atoms with van der Waals surface area (Å²) in [5.74, 6) is -1.76. The molecule has 1 aromatic heterocycles. The second kappa shape index (κ2) is 4.12. The Bertz CT molecular complexity index is 395. The fourth-order valence-corrected chi connectivity index (χ4v) is 1.15. The van der Waals surface area contributed by atoms with Crippen LogP contribution in [0.15, 0.2) is 6.07 Å². The standard InChI is InChI=1S/C9H12N2O4/c1-5(2)11-7(9(14)15-3)4-6(10-11)8(12)13/h4-5H,1-3H3,(H,12,13). The Balaban J connectivity index is 3.23. The number of carboxylic acids is 1. The first kappa shape index (κ1) is 11.2. The van der Waals surface area contributed by atoms with Crippen LogP contribution in [0.2, 0.25) is 0 Å². The molecule has 0 saturated heterocycles. The Hall–Kier alpha value is -1.85. The van der Waals surface area contributed by atoms with E-state index in [1.165, 1.54) is 17.9 Å². The maximum absolute atomic E-state index is 11.3. The fraction of sp³-hybridized carbons (Fsp3) is 0.444. The molecule has 82 valence electrons. The van der Waals surface area contributed by atoms with Gasteiger partial charge in [0.1, 0.15) is 5.69 Å². The number of aromatic carboxylic acids is 1. The van der Waals surface area contributed by atoms with E-state index in [9.17, 15) is 9.59 Å². The zero-order valence-electron chi connectivity index (χ0n) is 8.72. The summed E-state index contributed by atoms with van der Waals surface area (Å²) in [6, 6.07) is 1.10. The molecular weight excluding hydrogens is 200 g/mol. The van der Waals surface area contributed by atoms with Gasteiger partial charge in [0.2, 0.25) is 0 Å². The van der Waals surface area contributed by atoms with Crippen molar-refractivity contribution in [3.8, 4) is 0 Å². The summed E-state index contributed by atoms with van der Waals surface area (Å²) < 4.78 is 5.86. The van der Waals surface area contributed by atoms with Gasteiger partial charge < -0.3 is 9.84 Å². The summed E-state index contributed by atoms with van der Waals surface area (Å²) in [7, 11) is 1.24. The van der Waals surface area contributed by atoms with Crippen LogP contribution in [-0.2, 0) is 4.74 Å². The molecule has 0 saturated carbocycles. The molecular formula is C9H12N2O4. The normalized spacial score (nSPS) is 10.4. The number of methoxy groups -OCH3 is 1. The van der Waals surface area contributed by atoms with Gasteiger partial charge in [-0.1, -0.05) is 0 Å². The number of carbonyl (C=O) groups excluding carboxylic acids is 1. The van der Waals surface area contributed by atoms with Crippen LogP contribution in [0.25, 0.3) is 0 Å². The topological polar surface area (TPSA) is 81.4 Å². The lowest BCUT2D eigenvalue weighted by Crippen LogP contribution is -2.13. The van der Waals surface area contributed by atoms with Crippen LogP contribution in [0.1, 0.15) is 40.9 Å². The minimum absolute atomic E-state index is 0.104. The van der Waals surface area contributed by atoms with Crippen molar-refractivity contribution in [3.63, 3.8) is 0 Å². The lowest BCUT2D eigenvalue weighted by molar-refractivity contribution is 0.0583. The summed E-state index contributed by atoms with van der Waals surface area (Å²) in [5, 5.41) is 12.5. The van der Waals surface area contributed by atoms with Crippen LogP contribution in [0, 0.1) is 0 Å². The van der Waals surface area contributed by atoms with Crippen molar-refractivity contribution < 1.29 is 19.4 Å². The van der Waals surface area contributed by atoms with E-state index in [0.717, 1.165) is 0 Å². The summed E-state index contributed by atoms with van der Waals surface area (Å²) in [6.45, 7) is 3.59. The number of carboxylic acid groups (broad SMARTS) is 1. The highest BCUT2D eigenvalue weighted by atomic mass is 16.5. The molecule has 0 amide bonds. The van der Waals surface area contributed by atoms with E-state index in [4.69, 9.17) is 5.11 Å². The van der Waals surface area contributed by atoms with Crippen LogP contribution in [0.3, 0.4) is 0 Å². The summed E-state index contributed by atoms with van der Waals surface area (Å²) >= 11 is 0. The summed E-state index contributed by atoms with van der Waals surface area (Å²) in [4.78, 5) is 22.0. The van der Waals surface area contributed by atoms with Gasteiger partial charge in [0.25, 0.3) is 0 Å². The molecule has 0 unspecified atom stereocenters. The van der Waals surface area contributed by atoms with Crippen molar-refractivity contribution in [1.29, 1.82) is 0 Å². The van der Waals surface area contributed by atoms with Gasteiger partial charge >= 0.3 is 11.9 Å². The Morgan fingerprint density at radius 3 is 2.53 bits per heavy atom. The van der Waals surface area contributed by atoms with Gasteiger partial charge in [-0.25, -0.2) is 9.59 Å². The quantitative estimate of drug-likeness (QED) is 0.754. The number of esters is 1. The number of ether oxygens (including phenoxy) is 1. The SMILES string of the molecule is COC(=O)c1cc(C(=O)O)nn1C(C)C. The largest absolute Gasteiger partial charge is 0.476 e. The number of rotatable bonds is 3. The molecule has 0 aliphatic heterocycles.